The quantitative estimate of drug-likeness (QED) is 0.863. The van der Waals surface area contributed by atoms with Crippen molar-refractivity contribution in [1.29, 1.82) is 0 Å². The van der Waals surface area contributed by atoms with Gasteiger partial charge in [0.1, 0.15) is 5.75 Å². The Balaban J connectivity index is 1.59. The molecule has 0 aliphatic carbocycles. The average molecular weight is 376 g/mol. The summed E-state index contributed by atoms with van der Waals surface area (Å²) < 4.78 is 39.7. The Bertz CT molecular complexity index is 801. The Labute approximate surface area is 145 Å². The first kappa shape index (κ1) is 16.6. The number of anilines is 1. The molecule has 0 unspecified atom stereocenters. The summed E-state index contributed by atoms with van der Waals surface area (Å²) >= 11 is 11.6. The van der Waals surface area contributed by atoms with Gasteiger partial charge >= 0.3 is 6.29 Å². The second-order valence-electron chi connectivity index (χ2n) is 4.74. The first-order chi connectivity index (χ1) is 11.3. The van der Waals surface area contributed by atoms with Crippen LogP contribution in [0, 0.1) is 0 Å². The summed E-state index contributed by atoms with van der Waals surface area (Å²) in [6.07, 6.45) is -3.71. The van der Waals surface area contributed by atoms with Crippen molar-refractivity contribution < 1.29 is 27.8 Å². The van der Waals surface area contributed by atoms with E-state index in [0.717, 1.165) is 0 Å². The van der Waals surface area contributed by atoms with E-state index in [1.54, 1.807) is 6.07 Å². The van der Waals surface area contributed by atoms with Gasteiger partial charge in [-0.3, -0.25) is 4.79 Å². The first-order valence-electron chi connectivity index (χ1n) is 6.60. The van der Waals surface area contributed by atoms with Crippen LogP contribution in [0.3, 0.4) is 0 Å². The zero-order valence-corrected chi connectivity index (χ0v) is 13.3. The Kier molecular flexibility index (Phi) is 4.38. The van der Waals surface area contributed by atoms with Crippen molar-refractivity contribution in [2.75, 3.05) is 11.9 Å². The van der Waals surface area contributed by atoms with Gasteiger partial charge in [0.05, 0.1) is 10.0 Å². The lowest BCUT2D eigenvalue weighted by molar-refractivity contribution is -0.286. The molecule has 1 aliphatic heterocycles. The average Bonchev–Trinajstić information content (AvgIpc) is 2.81. The van der Waals surface area contributed by atoms with Crippen LogP contribution in [0.2, 0.25) is 10.0 Å². The van der Waals surface area contributed by atoms with Crippen LogP contribution in [0.15, 0.2) is 36.4 Å². The monoisotopic (exact) mass is 375 g/mol. The number of rotatable bonds is 4. The summed E-state index contributed by atoms with van der Waals surface area (Å²) in [4.78, 5) is 11.8. The summed E-state index contributed by atoms with van der Waals surface area (Å²) in [6.45, 7) is -0.303. The van der Waals surface area contributed by atoms with Gasteiger partial charge in [0.15, 0.2) is 18.1 Å². The highest BCUT2D eigenvalue weighted by Crippen LogP contribution is 2.42. The molecule has 5 nitrogen and oxygen atoms in total. The van der Waals surface area contributed by atoms with Crippen LogP contribution in [-0.4, -0.2) is 18.8 Å². The molecule has 1 heterocycles. The summed E-state index contributed by atoms with van der Waals surface area (Å²) in [5.74, 6) is -0.398. The van der Waals surface area contributed by atoms with E-state index in [1.165, 1.54) is 30.3 Å². The van der Waals surface area contributed by atoms with Crippen LogP contribution >= 0.6 is 23.2 Å². The Morgan fingerprint density at radius 1 is 1.08 bits per heavy atom. The predicted molar refractivity (Wildman–Crippen MR) is 83.2 cm³/mol. The number of hydrogen-bond donors (Lipinski definition) is 1. The van der Waals surface area contributed by atoms with E-state index in [2.05, 4.69) is 14.8 Å². The van der Waals surface area contributed by atoms with Gasteiger partial charge in [-0.25, -0.2) is 0 Å². The largest absolute Gasteiger partial charge is 0.586 e. The van der Waals surface area contributed by atoms with Crippen molar-refractivity contribution in [2.45, 2.75) is 6.29 Å². The molecule has 0 saturated heterocycles. The fourth-order valence-electron chi connectivity index (χ4n) is 1.94. The number of amides is 1. The van der Waals surface area contributed by atoms with Crippen LogP contribution in [0.4, 0.5) is 14.5 Å². The third kappa shape index (κ3) is 3.80. The molecule has 3 rings (SSSR count). The van der Waals surface area contributed by atoms with Crippen LogP contribution in [0.1, 0.15) is 0 Å². The third-order valence-corrected chi connectivity index (χ3v) is 3.69. The van der Waals surface area contributed by atoms with E-state index in [1.807, 2.05) is 0 Å². The van der Waals surface area contributed by atoms with Crippen LogP contribution in [0.5, 0.6) is 17.2 Å². The summed E-state index contributed by atoms with van der Waals surface area (Å²) in [5.41, 5.74) is 0.262. The van der Waals surface area contributed by atoms with Gasteiger partial charge < -0.3 is 19.5 Å². The Morgan fingerprint density at radius 3 is 2.58 bits per heavy atom. The van der Waals surface area contributed by atoms with E-state index in [9.17, 15) is 13.6 Å². The number of carbonyl (C=O) groups is 1. The SMILES string of the molecule is O=C(COc1ccc(Cl)c(Cl)c1)Nc1ccc2c(c1)OC(F)(F)O2. The molecule has 0 radical (unpaired) electrons. The molecular formula is C15H9Cl2F2NO4. The highest BCUT2D eigenvalue weighted by atomic mass is 35.5. The number of ether oxygens (including phenoxy) is 3. The van der Waals surface area contributed by atoms with Gasteiger partial charge in [-0.15, -0.1) is 8.78 Å². The Hall–Kier alpha value is -2.25. The maximum atomic E-state index is 12.9. The lowest BCUT2D eigenvalue weighted by Gasteiger charge is -2.08. The van der Waals surface area contributed by atoms with Gasteiger partial charge in [0.2, 0.25) is 0 Å². The summed E-state index contributed by atoms with van der Waals surface area (Å²) in [6, 6.07) is 8.47. The number of halogens is 4. The fourth-order valence-corrected chi connectivity index (χ4v) is 2.23. The minimum absolute atomic E-state index is 0.106. The minimum Gasteiger partial charge on any atom is -0.484 e. The molecule has 0 saturated carbocycles. The minimum atomic E-state index is -3.71. The molecule has 0 spiro atoms. The number of carbonyl (C=O) groups excluding carboxylic acids is 1. The molecule has 0 aromatic heterocycles. The fraction of sp³-hybridized carbons (Fsp3) is 0.133. The molecule has 1 amide bonds. The number of benzene rings is 2. The van der Waals surface area contributed by atoms with Crippen LogP contribution in [0.25, 0.3) is 0 Å². The van der Waals surface area contributed by atoms with E-state index in [-0.39, 0.29) is 23.8 Å². The zero-order valence-electron chi connectivity index (χ0n) is 11.8. The molecule has 126 valence electrons. The van der Waals surface area contributed by atoms with Crippen molar-refractivity contribution in [3.05, 3.63) is 46.4 Å². The van der Waals surface area contributed by atoms with Crippen molar-refractivity contribution in [3.8, 4) is 17.2 Å². The number of nitrogens with one attached hydrogen (secondary N) is 1. The first-order valence-corrected chi connectivity index (χ1v) is 7.35. The normalized spacial score (nSPS) is 14.3. The highest BCUT2D eigenvalue weighted by Gasteiger charge is 2.43. The maximum absolute atomic E-state index is 12.9. The molecule has 24 heavy (non-hydrogen) atoms. The van der Waals surface area contributed by atoms with E-state index in [0.29, 0.717) is 15.8 Å². The van der Waals surface area contributed by atoms with Gasteiger partial charge in [-0.2, -0.15) is 0 Å². The van der Waals surface area contributed by atoms with Crippen molar-refractivity contribution in [1.82, 2.24) is 0 Å². The van der Waals surface area contributed by atoms with E-state index < -0.39 is 12.2 Å². The van der Waals surface area contributed by atoms with Gasteiger partial charge in [-0.1, -0.05) is 23.2 Å². The van der Waals surface area contributed by atoms with Crippen LogP contribution < -0.4 is 19.5 Å². The highest BCUT2D eigenvalue weighted by molar-refractivity contribution is 6.42. The smallest absolute Gasteiger partial charge is 0.484 e. The van der Waals surface area contributed by atoms with Crippen molar-refractivity contribution >= 4 is 34.8 Å². The molecule has 1 aliphatic rings. The molecule has 2 aromatic rings. The van der Waals surface area contributed by atoms with E-state index >= 15 is 0 Å². The standard InChI is InChI=1S/C15H9Cl2F2NO4/c16-10-3-2-9(6-11(10)17)22-7-14(21)20-8-1-4-12-13(5-8)24-15(18,19)23-12/h1-6H,7H2,(H,20,21). The zero-order chi connectivity index (χ0) is 17.3. The molecule has 1 N–H and O–H groups in total. The van der Waals surface area contributed by atoms with Crippen molar-refractivity contribution in [3.63, 3.8) is 0 Å². The molecule has 0 bridgehead atoms. The molecule has 9 heteroatoms. The molecule has 2 aromatic carbocycles. The topological polar surface area (TPSA) is 56.8 Å². The molecule has 0 fully saturated rings. The van der Waals surface area contributed by atoms with E-state index in [4.69, 9.17) is 27.9 Å². The van der Waals surface area contributed by atoms with Gasteiger partial charge in [-0.05, 0) is 24.3 Å². The predicted octanol–water partition coefficient (Wildman–Crippen LogP) is 4.33. The third-order valence-electron chi connectivity index (χ3n) is 2.95. The maximum Gasteiger partial charge on any atom is 0.586 e. The molecular weight excluding hydrogens is 367 g/mol. The number of alkyl halides is 2. The Morgan fingerprint density at radius 2 is 1.83 bits per heavy atom. The lowest BCUT2D eigenvalue weighted by Crippen LogP contribution is -2.25. The van der Waals surface area contributed by atoms with Crippen LogP contribution in [-0.2, 0) is 4.79 Å². The lowest BCUT2D eigenvalue weighted by atomic mass is 10.3. The van der Waals surface area contributed by atoms with Gasteiger partial charge in [0.25, 0.3) is 5.91 Å². The van der Waals surface area contributed by atoms with Gasteiger partial charge in [0, 0.05) is 17.8 Å². The summed E-state index contributed by atoms with van der Waals surface area (Å²) in [5, 5.41) is 3.16. The second kappa shape index (κ2) is 6.33. The molecule has 0 atom stereocenters. The number of hydrogen-bond acceptors (Lipinski definition) is 4. The number of fused-ring (bicyclic) bond motifs is 1. The van der Waals surface area contributed by atoms with Crippen molar-refractivity contribution in [2.24, 2.45) is 0 Å². The second-order valence-corrected chi connectivity index (χ2v) is 5.56. The summed E-state index contributed by atoms with van der Waals surface area (Å²) in [7, 11) is 0.